The van der Waals surface area contributed by atoms with Gasteiger partial charge < -0.3 is 15.1 Å². The first kappa shape index (κ1) is 23.0. The summed E-state index contributed by atoms with van der Waals surface area (Å²) in [6.07, 6.45) is 4.14. The summed E-state index contributed by atoms with van der Waals surface area (Å²) in [7, 11) is 0. The molecule has 1 amide bonds. The molecule has 1 fully saturated rings. The number of nitrogens with zero attached hydrogens (tertiary/aromatic N) is 1. The molecule has 1 saturated heterocycles. The Morgan fingerprint density at radius 2 is 2.21 bits per heavy atom. The van der Waals surface area contributed by atoms with Gasteiger partial charge in [0.25, 0.3) is 5.91 Å². The van der Waals surface area contributed by atoms with Gasteiger partial charge in [-0.3, -0.25) is 4.79 Å². The summed E-state index contributed by atoms with van der Waals surface area (Å²) in [5.41, 5.74) is 0. The van der Waals surface area contributed by atoms with Crippen LogP contribution in [-0.4, -0.2) is 51.6 Å². The number of carbonyl (C=O) groups is 2. The quantitative estimate of drug-likeness (QED) is 0.467. The molecule has 0 spiro atoms. The minimum atomic E-state index is -3.41. The Morgan fingerprint density at radius 1 is 1.45 bits per heavy atom. The Labute approximate surface area is 173 Å². The number of rotatable bonds is 9. The fourth-order valence-corrected chi connectivity index (χ4v) is 3.99. The van der Waals surface area contributed by atoms with Crippen molar-refractivity contribution in [1.29, 1.82) is 0 Å². The Bertz CT molecular complexity index is 809. The first-order valence-corrected chi connectivity index (χ1v) is 10.4. The summed E-state index contributed by atoms with van der Waals surface area (Å²) in [6.45, 7) is 2.07. The number of aromatic carboxylic acids is 1. The van der Waals surface area contributed by atoms with Crippen molar-refractivity contribution in [2.24, 2.45) is 0 Å². The summed E-state index contributed by atoms with van der Waals surface area (Å²) in [5.74, 6) is 0.199. The lowest BCUT2D eigenvalue weighted by Gasteiger charge is -2.21. The molecular weight excluding hydrogens is 400 g/mol. The molecule has 2 unspecified atom stereocenters. The van der Waals surface area contributed by atoms with Crippen LogP contribution in [0.3, 0.4) is 0 Å². The molecule has 0 saturated carbocycles. The second kappa shape index (κ2) is 10.5. The van der Waals surface area contributed by atoms with Crippen LogP contribution in [0, 0.1) is 11.8 Å². The number of hydrogen-bond acceptors (Lipinski definition) is 4. The van der Waals surface area contributed by atoms with Gasteiger partial charge >= 0.3 is 11.9 Å². The largest absolute Gasteiger partial charge is 0.477 e. The van der Waals surface area contributed by atoms with E-state index in [0.717, 1.165) is 27.5 Å². The molecule has 2 rings (SSSR count). The van der Waals surface area contributed by atoms with Crippen LogP contribution >= 0.6 is 11.3 Å². The molecular formula is C21H25F2NO4S. The van der Waals surface area contributed by atoms with Crippen LogP contribution in [0.2, 0.25) is 0 Å². The van der Waals surface area contributed by atoms with Crippen molar-refractivity contribution >= 4 is 23.2 Å². The molecule has 1 aliphatic rings. The fourth-order valence-electron chi connectivity index (χ4n) is 3.10. The van der Waals surface area contributed by atoms with Crippen molar-refractivity contribution in [2.75, 3.05) is 6.54 Å². The van der Waals surface area contributed by atoms with Crippen LogP contribution in [0.1, 0.15) is 53.6 Å². The predicted octanol–water partition coefficient (Wildman–Crippen LogP) is 3.73. The molecule has 0 radical (unpaired) electrons. The van der Waals surface area contributed by atoms with Crippen LogP contribution in [0.5, 0.6) is 0 Å². The lowest BCUT2D eigenvalue weighted by atomic mass is 10.1. The van der Waals surface area contributed by atoms with Gasteiger partial charge in [0.1, 0.15) is 4.88 Å². The van der Waals surface area contributed by atoms with Crippen molar-refractivity contribution in [2.45, 2.75) is 63.5 Å². The summed E-state index contributed by atoms with van der Waals surface area (Å²) >= 11 is 1.14. The van der Waals surface area contributed by atoms with E-state index in [9.17, 15) is 23.5 Å². The number of halogens is 2. The second-order valence-electron chi connectivity index (χ2n) is 6.85. The number of alkyl halides is 2. The SMILES string of the molecule is CCC#CCCC(O)C=CC1CC(F)(F)C(=O)N1CCCc1ccc(C(=O)O)s1. The zero-order valence-corrected chi connectivity index (χ0v) is 17.1. The van der Waals surface area contributed by atoms with Gasteiger partial charge in [0.15, 0.2) is 0 Å². The number of carbonyl (C=O) groups excluding carboxylic acids is 1. The third-order valence-corrected chi connectivity index (χ3v) is 5.69. The maximum absolute atomic E-state index is 13.9. The summed E-state index contributed by atoms with van der Waals surface area (Å²) in [6, 6.07) is 2.44. The highest BCUT2D eigenvalue weighted by Crippen LogP contribution is 2.34. The minimum absolute atomic E-state index is 0.141. The summed E-state index contributed by atoms with van der Waals surface area (Å²) < 4.78 is 27.8. The molecule has 5 nitrogen and oxygen atoms in total. The van der Waals surface area contributed by atoms with E-state index in [2.05, 4.69) is 11.8 Å². The molecule has 29 heavy (non-hydrogen) atoms. The van der Waals surface area contributed by atoms with E-state index in [0.29, 0.717) is 25.7 Å². The molecule has 0 aliphatic carbocycles. The first-order chi connectivity index (χ1) is 13.7. The van der Waals surface area contributed by atoms with Crippen molar-refractivity contribution in [3.05, 3.63) is 34.0 Å². The van der Waals surface area contributed by atoms with E-state index in [1.165, 1.54) is 18.2 Å². The molecule has 8 heteroatoms. The van der Waals surface area contributed by atoms with Gasteiger partial charge in [-0.1, -0.05) is 19.1 Å². The third-order valence-electron chi connectivity index (χ3n) is 4.56. The van der Waals surface area contributed by atoms with Crippen LogP contribution < -0.4 is 0 Å². The number of carboxylic acids is 1. The maximum atomic E-state index is 13.9. The summed E-state index contributed by atoms with van der Waals surface area (Å²) in [5, 5.41) is 18.9. The molecule has 1 aliphatic heterocycles. The average Bonchev–Trinajstić information content (AvgIpc) is 3.22. The number of thiophene rings is 1. The Hall–Kier alpha value is -2.24. The third kappa shape index (κ3) is 6.65. The lowest BCUT2D eigenvalue weighted by molar-refractivity contribution is -0.148. The Kier molecular flexibility index (Phi) is 8.35. The number of aliphatic hydroxyl groups is 1. The number of aryl methyl sites for hydroxylation is 1. The van der Waals surface area contributed by atoms with Gasteiger partial charge in [0.05, 0.1) is 12.1 Å². The first-order valence-electron chi connectivity index (χ1n) is 9.57. The van der Waals surface area contributed by atoms with Gasteiger partial charge in [-0.05, 0) is 31.4 Å². The van der Waals surface area contributed by atoms with Crippen LogP contribution in [-0.2, 0) is 11.2 Å². The molecule has 0 aromatic carbocycles. The Morgan fingerprint density at radius 3 is 2.86 bits per heavy atom. The van der Waals surface area contributed by atoms with Gasteiger partial charge in [-0.2, -0.15) is 8.78 Å². The second-order valence-corrected chi connectivity index (χ2v) is 8.02. The van der Waals surface area contributed by atoms with Gasteiger partial charge in [-0.25, -0.2) is 4.79 Å². The predicted molar refractivity (Wildman–Crippen MR) is 107 cm³/mol. The number of carboxylic acid groups (broad SMARTS) is 1. The lowest BCUT2D eigenvalue weighted by Crippen LogP contribution is -2.36. The molecule has 158 valence electrons. The molecule has 1 aromatic rings. The average molecular weight is 425 g/mol. The Balaban J connectivity index is 1.92. The van der Waals surface area contributed by atoms with Crippen LogP contribution in [0.4, 0.5) is 8.78 Å². The number of aliphatic hydroxyl groups excluding tert-OH is 1. The smallest absolute Gasteiger partial charge is 0.345 e. The van der Waals surface area contributed by atoms with Crippen molar-refractivity contribution < 1.29 is 28.6 Å². The minimum Gasteiger partial charge on any atom is -0.477 e. The normalized spacial score (nSPS) is 19.4. The molecule has 2 N–H and O–H groups in total. The monoisotopic (exact) mass is 425 g/mol. The topological polar surface area (TPSA) is 77.8 Å². The zero-order valence-electron chi connectivity index (χ0n) is 16.2. The number of likely N-dealkylation sites (tertiary alicyclic amines) is 1. The standard InChI is InChI=1S/C21H25F2NO4S/c1-2-3-4-5-7-16(25)10-9-15-14-21(22,23)20(28)24(15)13-6-8-17-11-12-18(29-17)19(26)27/h9-12,15-16,25H,2,5-8,13-14H2,1H3,(H,26,27). The van der Waals surface area contributed by atoms with Crippen molar-refractivity contribution in [3.8, 4) is 11.8 Å². The molecule has 0 bridgehead atoms. The highest BCUT2D eigenvalue weighted by atomic mass is 32.1. The van der Waals surface area contributed by atoms with Crippen LogP contribution in [0.15, 0.2) is 24.3 Å². The van der Waals surface area contributed by atoms with E-state index >= 15 is 0 Å². The molecule has 1 aromatic heterocycles. The highest BCUT2D eigenvalue weighted by molar-refractivity contribution is 7.13. The maximum Gasteiger partial charge on any atom is 0.345 e. The number of amides is 1. The molecule has 2 atom stereocenters. The van der Waals surface area contributed by atoms with E-state index in [1.807, 2.05) is 6.92 Å². The van der Waals surface area contributed by atoms with Crippen molar-refractivity contribution in [3.63, 3.8) is 0 Å². The van der Waals surface area contributed by atoms with Gasteiger partial charge in [0.2, 0.25) is 0 Å². The van der Waals surface area contributed by atoms with Gasteiger partial charge in [-0.15, -0.1) is 23.2 Å². The van der Waals surface area contributed by atoms with E-state index in [1.54, 1.807) is 6.07 Å². The van der Waals surface area contributed by atoms with Gasteiger partial charge in [0, 0.05) is 30.7 Å². The fraction of sp³-hybridized carbons (Fsp3) is 0.524. The van der Waals surface area contributed by atoms with Crippen LogP contribution in [0.25, 0.3) is 0 Å². The van der Waals surface area contributed by atoms with E-state index in [4.69, 9.17) is 5.11 Å². The van der Waals surface area contributed by atoms with E-state index in [-0.39, 0.29) is 11.4 Å². The number of hydrogen-bond donors (Lipinski definition) is 2. The molecule has 2 heterocycles. The van der Waals surface area contributed by atoms with E-state index < -0.39 is 36.4 Å². The zero-order chi connectivity index (χ0) is 21.4. The summed E-state index contributed by atoms with van der Waals surface area (Å²) in [4.78, 5) is 25.2. The highest BCUT2D eigenvalue weighted by Gasteiger charge is 2.52. The van der Waals surface area contributed by atoms with Crippen molar-refractivity contribution in [1.82, 2.24) is 4.90 Å².